The van der Waals surface area contributed by atoms with Crippen molar-refractivity contribution in [1.82, 2.24) is 9.97 Å². The monoisotopic (exact) mass is 436 g/mol. The van der Waals surface area contributed by atoms with Crippen molar-refractivity contribution >= 4 is 23.0 Å². The molecule has 0 unspecified atom stereocenters. The van der Waals surface area contributed by atoms with Gasteiger partial charge in [-0.25, -0.2) is 9.97 Å². The van der Waals surface area contributed by atoms with Crippen LogP contribution in [-0.4, -0.2) is 9.97 Å². The third-order valence-electron chi connectivity index (χ3n) is 5.52. The number of anilines is 4. The first-order valence-corrected chi connectivity index (χ1v) is 11.1. The summed E-state index contributed by atoms with van der Waals surface area (Å²) in [4.78, 5) is 11.2. The topological polar surface area (TPSA) is 67.1 Å². The van der Waals surface area contributed by atoms with Crippen LogP contribution in [0.5, 0.6) is 0 Å². The Kier molecular flexibility index (Phi) is 6.59. The summed E-state index contributed by atoms with van der Waals surface area (Å²) in [5.41, 5.74) is 11.6. The molecule has 5 heteroatoms. The van der Waals surface area contributed by atoms with Crippen LogP contribution in [0, 0.1) is 6.07 Å². The summed E-state index contributed by atoms with van der Waals surface area (Å²) < 4.78 is 0. The standard InChI is InChI=1S/C28H30N5/c1-28(2,3)23-16-10-11-17-24(23)32-26-25(29)27(31-20-30-26)33(18-21-12-6-4-7-13-21)19-22-14-8-5-9-15-22/h4-10,12-17,20H,18-19,29H2,1-3H3,(H,30,31,32). The summed E-state index contributed by atoms with van der Waals surface area (Å²) in [6, 6.07) is 29.8. The highest BCUT2D eigenvalue weighted by Gasteiger charge is 2.20. The molecule has 0 saturated carbocycles. The van der Waals surface area contributed by atoms with Crippen LogP contribution in [0.25, 0.3) is 0 Å². The van der Waals surface area contributed by atoms with Gasteiger partial charge < -0.3 is 16.0 Å². The minimum Gasteiger partial charge on any atom is -0.393 e. The summed E-state index contributed by atoms with van der Waals surface area (Å²) in [5.74, 6) is 1.30. The minimum atomic E-state index is -0.0330. The van der Waals surface area contributed by atoms with E-state index in [1.54, 1.807) is 6.33 Å². The summed E-state index contributed by atoms with van der Waals surface area (Å²) in [7, 11) is 0. The summed E-state index contributed by atoms with van der Waals surface area (Å²) in [5, 5.41) is 3.44. The molecule has 0 aliphatic carbocycles. The average molecular weight is 437 g/mol. The first-order valence-electron chi connectivity index (χ1n) is 11.1. The Bertz CT molecular complexity index is 1140. The Morgan fingerprint density at radius 1 is 0.879 bits per heavy atom. The maximum atomic E-state index is 6.66. The van der Waals surface area contributed by atoms with E-state index in [9.17, 15) is 0 Å². The summed E-state index contributed by atoms with van der Waals surface area (Å²) >= 11 is 0. The molecule has 0 saturated heterocycles. The van der Waals surface area contributed by atoms with Crippen molar-refractivity contribution in [1.29, 1.82) is 0 Å². The van der Waals surface area contributed by atoms with Gasteiger partial charge >= 0.3 is 0 Å². The number of benzene rings is 3. The molecule has 33 heavy (non-hydrogen) atoms. The lowest BCUT2D eigenvalue weighted by Gasteiger charge is -2.27. The number of nitrogens with one attached hydrogen (secondary N) is 1. The van der Waals surface area contributed by atoms with E-state index < -0.39 is 0 Å². The van der Waals surface area contributed by atoms with Gasteiger partial charge in [0.05, 0.1) is 0 Å². The van der Waals surface area contributed by atoms with Crippen LogP contribution in [0.1, 0.15) is 37.5 Å². The molecular weight excluding hydrogens is 406 g/mol. The van der Waals surface area contributed by atoms with E-state index in [2.05, 4.69) is 77.4 Å². The number of nitrogens with zero attached hydrogens (tertiary/aromatic N) is 3. The van der Waals surface area contributed by atoms with Gasteiger partial charge in [0, 0.05) is 18.8 Å². The molecule has 1 aromatic heterocycles. The molecule has 3 aromatic carbocycles. The fraction of sp³-hybridized carbons (Fsp3) is 0.214. The Balaban J connectivity index is 1.69. The highest BCUT2D eigenvalue weighted by molar-refractivity contribution is 5.79. The fourth-order valence-electron chi connectivity index (χ4n) is 3.87. The van der Waals surface area contributed by atoms with Crippen LogP contribution in [0.3, 0.4) is 0 Å². The van der Waals surface area contributed by atoms with Crippen LogP contribution in [0.2, 0.25) is 0 Å². The van der Waals surface area contributed by atoms with Crippen molar-refractivity contribution < 1.29 is 0 Å². The minimum absolute atomic E-state index is 0.0330. The zero-order valence-electron chi connectivity index (χ0n) is 19.4. The average Bonchev–Trinajstić information content (AvgIpc) is 2.81. The summed E-state index contributed by atoms with van der Waals surface area (Å²) in [6.07, 6.45) is 1.57. The van der Waals surface area contributed by atoms with E-state index in [1.165, 1.54) is 16.7 Å². The Hall–Kier alpha value is -3.86. The van der Waals surface area contributed by atoms with Crippen molar-refractivity contribution in [2.45, 2.75) is 39.3 Å². The number of hydrogen-bond acceptors (Lipinski definition) is 5. The van der Waals surface area contributed by atoms with Crippen molar-refractivity contribution in [3.05, 3.63) is 108 Å². The molecule has 1 radical (unpaired) electrons. The zero-order valence-corrected chi connectivity index (χ0v) is 19.4. The van der Waals surface area contributed by atoms with Gasteiger partial charge in [-0.05, 0) is 34.2 Å². The molecule has 1 heterocycles. The van der Waals surface area contributed by atoms with Crippen LogP contribution in [0.15, 0.2) is 85.2 Å². The molecule has 167 valence electrons. The van der Waals surface area contributed by atoms with E-state index in [0.29, 0.717) is 30.4 Å². The lowest BCUT2D eigenvalue weighted by molar-refractivity contribution is 0.592. The van der Waals surface area contributed by atoms with Crippen molar-refractivity contribution in [3.8, 4) is 0 Å². The number of nitrogen functional groups attached to an aromatic ring is 1. The van der Waals surface area contributed by atoms with Crippen LogP contribution < -0.4 is 16.0 Å². The number of hydrogen-bond donors (Lipinski definition) is 2. The smallest absolute Gasteiger partial charge is 0.159 e. The lowest BCUT2D eigenvalue weighted by atomic mass is 9.86. The molecule has 0 bridgehead atoms. The molecule has 0 aliphatic rings. The zero-order chi connectivity index (χ0) is 23.3. The molecule has 0 aliphatic heterocycles. The number of aromatic nitrogens is 2. The molecule has 5 nitrogen and oxygen atoms in total. The normalized spacial score (nSPS) is 11.2. The van der Waals surface area contributed by atoms with Crippen molar-refractivity contribution in [3.63, 3.8) is 0 Å². The maximum absolute atomic E-state index is 6.66. The Morgan fingerprint density at radius 2 is 1.48 bits per heavy atom. The second-order valence-electron chi connectivity index (χ2n) is 9.13. The summed E-state index contributed by atoms with van der Waals surface area (Å²) in [6.45, 7) is 7.92. The molecule has 4 rings (SSSR count). The highest BCUT2D eigenvalue weighted by Crippen LogP contribution is 2.34. The molecule has 3 N–H and O–H groups in total. The Morgan fingerprint density at radius 3 is 2.06 bits per heavy atom. The third-order valence-corrected chi connectivity index (χ3v) is 5.52. The second-order valence-corrected chi connectivity index (χ2v) is 9.13. The quantitative estimate of drug-likeness (QED) is 0.366. The molecule has 0 fully saturated rings. The van der Waals surface area contributed by atoms with E-state index in [1.807, 2.05) is 48.5 Å². The molecule has 0 atom stereocenters. The molecular formula is C28H30N5. The van der Waals surface area contributed by atoms with Crippen LogP contribution in [-0.2, 0) is 18.5 Å². The highest BCUT2D eigenvalue weighted by atomic mass is 15.2. The van der Waals surface area contributed by atoms with Gasteiger partial charge in [-0.15, -0.1) is 0 Å². The Labute approximate surface area is 196 Å². The van der Waals surface area contributed by atoms with Crippen molar-refractivity contribution in [2.24, 2.45) is 0 Å². The molecule has 4 aromatic rings. The van der Waals surface area contributed by atoms with E-state index in [0.717, 1.165) is 5.69 Å². The van der Waals surface area contributed by atoms with Gasteiger partial charge in [0.1, 0.15) is 12.0 Å². The first kappa shape index (κ1) is 22.3. The predicted octanol–water partition coefficient (Wildman–Crippen LogP) is 6.11. The van der Waals surface area contributed by atoms with Gasteiger partial charge in [0.15, 0.2) is 11.6 Å². The number of nitrogens with two attached hydrogens (primary N) is 1. The van der Waals surface area contributed by atoms with E-state index in [4.69, 9.17) is 5.73 Å². The van der Waals surface area contributed by atoms with Gasteiger partial charge in [-0.1, -0.05) is 93.6 Å². The third kappa shape index (κ3) is 5.50. The van der Waals surface area contributed by atoms with Crippen LogP contribution in [0.4, 0.5) is 23.0 Å². The van der Waals surface area contributed by atoms with Gasteiger partial charge in [-0.2, -0.15) is 0 Å². The maximum Gasteiger partial charge on any atom is 0.159 e. The van der Waals surface area contributed by atoms with Gasteiger partial charge in [0.2, 0.25) is 0 Å². The lowest BCUT2D eigenvalue weighted by Crippen LogP contribution is -2.25. The predicted molar refractivity (Wildman–Crippen MR) is 136 cm³/mol. The number of rotatable bonds is 7. The van der Waals surface area contributed by atoms with Crippen LogP contribution >= 0.6 is 0 Å². The largest absolute Gasteiger partial charge is 0.393 e. The van der Waals surface area contributed by atoms with E-state index in [-0.39, 0.29) is 5.41 Å². The van der Waals surface area contributed by atoms with Gasteiger partial charge in [-0.3, -0.25) is 0 Å². The molecule has 0 spiro atoms. The van der Waals surface area contributed by atoms with Crippen molar-refractivity contribution in [2.75, 3.05) is 16.0 Å². The van der Waals surface area contributed by atoms with Gasteiger partial charge in [0.25, 0.3) is 0 Å². The molecule has 0 amide bonds. The fourth-order valence-corrected chi connectivity index (χ4v) is 3.87. The van der Waals surface area contributed by atoms with E-state index >= 15 is 0 Å². The first-order chi connectivity index (χ1) is 15.9. The second kappa shape index (κ2) is 9.74. The SMILES string of the molecule is CC(C)(C)c1cc[c]cc1Nc1ncnc(N(Cc2ccccc2)Cc2ccccc2)c1N.